The van der Waals surface area contributed by atoms with Crippen LogP contribution in [0, 0.1) is 0 Å². The number of methoxy groups -OCH3 is 3. The molecular formula is C20H31BrO7. The van der Waals surface area contributed by atoms with Gasteiger partial charge in [-0.3, -0.25) is 4.79 Å². The number of esters is 1. The lowest BCUT2D eigenvalue weighted by atomic mass is 9.93. The molecule has 0 aromatic heterocycles. The van der Waals surface area contributed by atoms with Crippen molar-refractivity contribution in [2.75, 3.05) is 21.3 Å². The number of carbonyl (C=O) groups excluding carboxylic acids is 1. The van der Waals surface area contributed by atoms with Crippen molar-refractivity contribution < 1.29 is 34.0 Å². The molecule has 1 aliphatic rings. The fourth-order valence-corrected chi connectivity index (χ4v) is 3.22. The Morgan fingerprint density at radius 1 is 1.39 bits per heavy atom. The van der Waals surface area contributed by atoms with Crippen LogP contribution in [0.25, 0.3) is 0 Å². The van der Waals surface area contributed by atoms with E-state index in [4.69, 9.17) is 14.2 Å². The molecule has 1 saturated heterocycles. The van der Waals surface area contributed by atoms with Gasteiger partial charge in [0.15, 0.2) is 5.79 Å². The van der Waals surface area contributed by atoms with Crippen LogP contribution in [0.3, 0.4) is 0 Å². The van der Waals surface area contributed by atoms with Crippen LogP contribution in [0.5, 0.6) is 0 Å². The SMILES string of the molecule is COC(=O)C[C@]1(O)C[C@H](OC)C[C@H]([C@H](O)C=C(C)C=C[C@@H](CC=CBr)OC)O1. The van der Waals surface area contributed by atoms with Gasteiger partial charge in [-0.05, 0) is 18.3 Å². The minimum absolute atomic E-state index is 0.0803. The molecule has 8 heteroatoms. The summed E-state index contributed by atoms with van der Waals surface area (Å²) in [7, 11) is 4.40. The molecule has 5 atom stereocenters. The minimum Gasteiger partial charge on any atom is -0.469 e. The number of aliphatic hydroxyl groups excluding tert-OH is 1. The summed E-state index contributed by atoms with van der Waals surface area (Å²) in [5.41, 5.74) is 0.817. The molecule has 0 saturated carbocycles. The quantitative estimate of drug-likeness (QED) is 0.380. The molecule has 7 nitrogen and oxygen atoms in total. The first-order valence-corrected chi connectivity index (χ1v) is 10.0. The van der Waals surface area contributed by atoms with Crippen molar-refractivity contribution in [3.63, 3.8) is 0 Å². The molecule has 160 valence electrons. The molecule has 0 radical (unpaired) electrons. The fraction of sp³-hybridized carbons (Fsp3) is 0.650. The van der Waals surface area contributed by atoms with Crippen molar-refractivity contribution in [1.29, 1.82) is 0 Å². The number of allylic oxidation sites excluding steroid dienone is 2. The zero-order valence-corrected chi connectivity index (χ0v) is 18.4. The second-order valence-electron chi connectivity index (χ2n) is 6.78. The highest BCUT2D eigenvalue weighted by Crippen LogP contribution is 2.33. The van der Waals surface area contributed by atoms with E-state index in [9.17, 15) is 15.0 Å². The van der Waals surface area contributed by atoms with Crippen LogP contribution in [0.1, 0.15) is 32.6 Å². The maximum Gasteiger partial charge on any atom is 0.310 e. The highest BCUT2D eigenvalue weighted by Gasteiger charge is 2.44. The Morgan fingerprint density at radius 3 is 2.68 bits per heavy atom. The predicted molar refractivity (Wildman–Crippen MR) is 109 cm³/mol. The minimum atomic E-state index is -1.74. The number of carbonyl (C=O) groups is 1. The molecule has 1 rings (SSSR count). The lowest BCUT2D eigenvalue weighted by Gasteiger charge is -2.41. The van der Waals surface area contributed by atoms with Crippen molar-refractivity contribution in [1.82, 2.24) is 0 Å². The third-order valence-corrected chi connectivity index (χ3v) is 4.92. The third kappa shape index (κ3) is 8.55. The largest absolute Gasteiger partial charge is 0.469 e. The second kappa shape index (κ2) is 12.5. The maximum atomic E-state index is 11.6. The van der Waals surface area contributed by atoms with Gasteiger partial charge in [0.05, 0.1) is 37.9 Å². The Morgan fingerprint density at radius 2 is 2.11 bits per heavy atom. The number of rotatable bonds is 10. The number of aliphatic hydroxyl groups is 2. The lowest BCUT2D eigenvalue weighted by Crippen LogP contribution is -2.51. The topological polar surface area (TPSA) is 94.5 Å². The molecule has 0 spiro atoms. The monoisotopic (exact) mass is 462 g/mol. The van der Waals surface area contributed by atoms with E-state index in [-0.39, 0.29) is 25.0 Å². The summed E-state index contributed by atoms with van der Waals surface area (Å²) in [6.07, 6.45) is 6.13. The van der Waals surface area contributed by atoms with Gasteiger partial charge in [0, 0.05) is 27.1 Å². The van der Waals surface area contributed by atoms with E-state index in [1.807, 2.05) is 25.2 Å². The van der Waals surface area contributed by atoms with Gasteiger partial charge in [-0.2, -0.15) is 0 Å². The van der Waals surface area contributed by atoms with E-state index in [2.05, 4.69) is 20.7 Å². The van der Waals surface area contributed by atoms with Crippen LogP contribution < -0.4 is 0 Å². The molecule has 1 aliphatic heterocycles. The predicted octanol–water partition coefficient (Wildman–Crippen LogP) is 2.61. The van der Waals surface area contributed by atoms with Gasteiger partial charge < -0.3 is 29.2 Å². The van der Waals surface area contributed by atoms with E-state index in [1.165, 1.54) is 14.2 Å². The van der Waals surface area contributed by atoms with Crippen molar-refractivity contribution >= 4 is 21.9 Å². The van der Waals surface area contributed by atoms with Gasteiger partial charge in [-0.1, -0.05) is 45.8 Å². The number of ether oxygens (including phenoxy) is 4. The zero-order chi connectivity index (χ0) is 21.2. The highest BCUT2D eigenvalue weighted by atomic mass is 79.9. The van der Waals surface area contributed by atoms with Gasteiger partial charge in [-0.25, -0.2) is 0 Å². The van der Waals surface area contributed by atoms with Crippen LogP contribution in [0.4, 0.5) is 0 Å². The van der Waals surface area contributed by atoms with Crippen LogP contribution in [-0.2, 0) is 23.7 Å². The normalized spacial score (nSPS) is 28.6. The second-order valence-corrected chi connectivity index (χ2v) is 7.31. The molecular weight excluding hydrogens is 432 g/mol. The van der Waals surface area contributed by atoms with Gasteiger partial charge in [0.25, 0.3) is 0 Å². The molecule has 0 aliphatic carbocycles. The highest BCUT2D eigenvalue weighted by molar-refractivity contribution is 9.11. The molecule has 0 amide bonds. The Labute approximate surface area is 175 Å². The summed E-state index contributed by atoms with van der Waals surface area (Å²) in [6, 6.07) is 0. The van der Waals surface area contributed by atoms with Crippen LogP contribution in [0.15, 0.2) is 34.9 Å². The van der Waals surface area contributed by atoms with Gasteiger partial charge in [-0.15, -0.1) is 0 Å². The van der Waals surface area contributed by atoms with Crippen LogP contribution in [0.2, 0.25) is 0 Å². The zero-order valence-electron chi connectivity index (χ0n) is 16.8. The van der Waals surface area contributed by atoms with Crippen molar-refractivity contribution in [3.05, 3.63) is 34.9 Å². The standard InChI is InChI=1S/C20H31BrO7/c1-14(7-8-15(25-2)6-5-9-21)10-17(22)18-11-16(26-3)12-20(24,28-18)13-19(23)27-4/h5,7-10,15-18,22,24H,6,11-13H2,1-4H3/t15-,16-,17-,18-,20+/m1/s1. The first kappa shape index (κ1) is 25.0. The Hall–Kier alpha value is -1.03. The molecule has 1 fully saturated rings. The molecule has 0 bridgehead atoms. The van der Waals surface area contributed by atoms with E-state index in [0.717, 1.165) is 12.0 Å². The number of hydrogen-bond donors (Lipinski definition) is 2. The maximum absolute atomic E-state index is 11.6. The van der Waals surface area contributed by atoms with Crippen molar-refractivity contribution in [2.45, 2.75) is 62.8 Å². The summed E-state index contributed by atoms with van der Waals surface area (Å²) in [6.45, 7) is 1.85. The van der Waals surface area contributed by atoms with E-state index < -0.39 is 24.0 Å². The summed E-state index contributed by atoms with van der Waals surface area (Å²) < 4.78 is 21.0. The van der Waals surface area contributed by atoms with Gasteiger partial charge in [0.2, 0.25) is 0 Å². The third-order valence-electron chi connectivity index (χ3n) is 4.54. The van der Waals surface area contributed by atoms with Crippen molar-refractivity contribution in [2.24, 2.45) is 0 Å². The average Bonchev–Trinajstić information content (AvgIpc) is 2.67. The van der Waals surface area contributed by atoms with E-state index in [0.29, 0.717) is 6.42 Å². The Bertz CT molecular complexity index is 575. The average molecular weight is 463 g/mol. The Kier molecular flexibility index (Phi) is 11.2. The fourth-order valence-electron chi connectivity index (χ4n) is 3.01. The number of hydrogen-bond acceptors (Lipinski definition) is 7. The van der Waals surface area contributed by atoms with Crippen LogP contribution >= 0.6 is 15.9 Å². The summed E-state index contributed by atoms with van der Waals surface area (Å²) in [5.74, 6) is -2.33. The molecule has 0 unspecified atom stereocenters. The first-order valence-electron chi connectivity index (χ1n) is 9.09. The first-order chi connectivity index (χ1) is 13.3. The van der Waals surface area contributed by atoms with Gasteiger partial charge in [0.1, 0.15) is 0 Å². The van der Waals surface area contributed by atoms with E-state index in [1.54, 1.807) is 18.2 Å². The van der Waals surface area contributed by atoms with E-state index >= 15 is 0 Å². The van der Waals surface area contributed by atoms with Crippen molar-refractivity contribution in [3.8, 4) is 0 Å². The number of halogens is 1. The summed E-state index contributed by atoms with van der Waals surface area (Å²) in [4.78, 5) is 13.4. The molecule has 0 aromatic carbocycles. The summed E-state index contributed by atoms with van der Waals surface area (Å²) in [5, 5.41) is 21.2. The smallest absolute Gasteiger partial charge is 0.310 e. The molecule has 1 heterocycles. The Balaban J connectivity index is 2.82. The molecule has 0 aromatic rings. The van der Waals surface area contributed by atoms with Gasteiger partial charge >= 0.3 is 5.97 Å². The van der Waals surface area contributed by atoms with Crippen LogP contribution in [-0.4, -0.2) is 67.7 Å². The summed E-state index contributed by atoms with van der Waals surface area (Å²) >= 11 is 3.22. The molecule has 2 N–H and O–H groups in total. The molecule has 28 heavy (non-hydrogen) atoms. The lowest BCUT2D eigenvalue weighted by molar-refractivity contribution is -0.287.